The number of ether oxygens (including phenoxy) is 1. The zero-order valence-corrected chi connectivity index (χ0v) is 18.5. The number of methoxy groups -OCH3 is 1. The van der Waals surface area contributed by atoms with Crippen molar-refractivity contribution in [2.45, 2.75) is 18.2 Å². The summed E-state index contributed by atoms with van der Waals surface area (Å²) in [6.45, 7) is 4.84. The fraction of sp³-hybridized carbons (Fsp3) is 0.238. The van der Waals surface area contributed by atoms with Gasteiger partial charge >= 0.3 is 5.97 Å². The van der Waals surface area contributed by atoms with Crippen LogP contribution < -0.4 is 10.2 Å². The predicted octanol–water partition coefficient (Wildman–Crippen LogP) is 4.78. The van der Waals surface area contributed by atoms with Gasteiger partial charge in [0.15, 0.2) is 0 Å². The van der Waals surface area contributed by atoms with Crippen molar-refractivity contribution in [1.82, 2.24) is 4.98 Å². The molecule has 0 radical (unpaired) electrons. The van der Waals surface area contributed by atoms with E-state index in [9.17, 15) is 10.1 Å². The minimum atomic E-state index is -0.407. The van der Waals surface area contributed by atoms with Gasteiger partial charge < -0.3 is 15.0 Å². The Morgan fingerprint density at radius 1 is 1.33 bits per heavy atom. The predicted molar refractivity (Wildman–Crippen MR) is 124 cm³/mol. The van der Waals surface area contributed by atoms with Crippen molar-refractivity contribution in [3.63, 3.8) is 0 Å². The highest BCUT2D eigenvalue weighted by molar-refractivity contribution is 7.82. The van der Waals surface area contributed by atoms with Gasteiger partial charge in [0.1, 0.15) is 4.34 Å². The lowest BCUT2D eigenvalue weighted by Crippen LogP contribution is -2.39. The number of nitriles is 1. The van der Waals surface area contributed by atoms with Crippen molar-refractivity contribution in [3.05, 3.63) is 48.0 Å². The maximum atomic E-state index is 11.6. The molecule has 0 fully saturated rings. The molecule has 0 saturated carbocycles. The second-order valence-corrected chi connectivity index (χ2v) is 8.64. The van der Waals surface area contributed by atoms with Gasteiger partial charge in [-0.25, -0.2) is 9.78 Å². The Bertz CT molecular complexity index is 1120. The van der Waals surface area contributed by atoms with Gasteiger partial charge in [-0.3, -0.25) is 0 Å². The number of carbonyl (C=O) groups excluding carboxylic acids is 1. The number of aliphatic imine (C=N–C) groups is 1. The van der Waals surface area contributed by atoms with E-state index in [1.807, 2.05) is 29.3 Å². The molecule has 0 spiro atoms. The Balaban J connectivity index is 1.95. The first-order valence-electron chi connectivity index (χ1n) is 9.20. The summed E-state index contributed by atoms with van der Waals surface area (Å²) in [5.41, 5.74) is 2.91. The SMILES string of the molecule is COC(=O)c1ccc(N/C(=N\C#N)N(CC(C)C)c2ccc3nc(S)sc3c2)cc1. The number of thiazole rings is 1. The molecule has 0 atom stereocenters. The normalized spacial score (nSPS) is 11.4. The minimum Gasteiger partial charge on any atom is -0.465 e. The summed E-state index contributed by atoms with van der Waals surface area (Å²) in [6, 6.07) is 12.7. The van der Waals surface area contributed by atoms with E-state index in [1.165, 1.54) is 18.4 Å². The molecule has 30 heavy (non-hydrogen) atoms. The quantitative estimate of drug-likeness (QED) is 0.195. The van der Waals surface area contributed by atoms with Crippen LogP contribution in [0.25, 0.3) is 10.2 Å². The molecule has 0 aliphatic heterocycles. The second-order valence-electron chi connectivity index (χ2n) is 6.88. The summed E-state index contributed by atoms with van der Waals surface area (Å²) in [4.78, 5) is 22.0. The zero-order valence-electron chi connectivity index (χ0n) is 16.8. The van der Waals surface area contributed by atoms with E-state index in [1.54, 1.807) is 24.3 Å². The van der Waals surface area contributed by atoms with E-state index in [4.69, 9.17) is 4.74 Å². The maximum Gasteiger partial charge on any atom is 0.337 e. The van der Waals surface area contributed by atoms with Crippen LogP contribution >= 0.6 is 24.0 Å². The van der Waals surface area contributed by atoms with Crippen LogP contribution in [-0.2, 0) is 4.74 Å². The van der Waals surface area contributed by atoms with E-state index in [0.29, 0.717) is 34.0 Å². The van der Waals surface area contributed by atoms with Crippen molar-refractivity contribution in [2.75, 3.05) is 23.9 Å². The second kappa shape index (κ2) is 9.61. The first-order chi connectivity index (χ1) is 14.4. The lowest BCUT2D eigenvalue weighted by atomic mass is 10.2. The van der Waals surface area contributed by atoms with Crippen molar-refractivity contribution in [3.8, 4) is 6.19 Å². The van der Waals surface area contributed by atoms with Crippen molar-refractivity contribution < 1.29 is 9.53 Å². The Morgan fingerprint density at radius 2 is 2.07 bits per heavy atom. The average Bonchev–Trinajstić information content (AvgIpc) is 3.10. The molecule has 3 rings (SSSR count). The van der Waals surface area contributed by atoms with E-state index >= 15 is 0 Å². The van der Waals surface area contributed by atoms with Gasteiger partial charge in [0.2, 0.25) is 12.2 Å². The largest absolute Gasteiger partial charge is 0.465 e. The first kappa shape index (κ1) is 21.6. The molecule has 2 aromatic carbocycles. The lowest BCUT2D eigenvalue weighted by Gasteiger charge is -2.28. The Hall–Kier alpha value is -3.09. The fourth-order valence-electron chi connectivity index (χ4n) is 2.89. The van der Waals surface area contributed by atoms with E-state index in [0.717, 1.165) is 15.9 Å². The van der Waals surface area contributed by atoms with Crippen LogP contribution in [0.5, 0.6) is 0 Å². The number of esters is 1. The minimum absolute atomic E-state index is 0.315. The number of thiol groups is 1. The molecule has 3 aromatic rings. The van der Waals surface area contributed by atoms with Gasteiger partial charge in [-0.15, -0.1) is 29.0 Å². The molecule has 154 valence electrons. The molecule has 0 unspecified atom stereocenters. The number of hydrogen-bond acceptors (Lipinski definition) is 7. The van der Waals surface area contributed by atoms with Gasteiger partial charge in [-0.05, 0) is 48.4 Å². The number of nitrogens with one attached hydrogen (secondary N) is 1. The van der Waals surface area contributed by atoms with Crippen molar-refractivity contribution in [2.24, 2.45) is 10.9 Å². The molecule has 0 saturated heterocycles. The number of guanidine groups is 1. The molecule has 0 bridgehead atoms. The molecule has 1 aromatic heterocycles. The maximum absolute atomic E-state index is 11.6. The lowest BCUT2D eigenvalue weighted by molar-refractivity contribution is 0.0601. The monoisotopic (exact) mass is 439 g/mol. The standard InChI is InChI=1S/C21H21N5O2S2/c1-13(2)11-26(16-8-9-17-18(10-16)30-21(29)25-17)20(23-12-22)24-15-6-4-14(5-7-15)19(27)28-3/h4-10,13H,11H2,1-3H3,(H,23,24)(H,25,29). The highest BCUT2D eigenvalue weighted by Crippen LogP contribution is 2.29. The van der Waals surface area contributed by atoms with E-state index in [-0.39, 0.29) is 0 Å². The number of rotatable bonds is 5. The van der Waals surface area contributed by atoms with Crippen molar-refractivity contribution >= 4 is 57.5 Å². The Morgan fingerprint density at radius 3 is 2.70 bits per heavy atom. The molecule has 1 heterocycles. The number of nitrogens with zero attached hydrogens (tertiary/aromatic N) is 4. The topological polar surface area (TPSA) is 90.6 Å². The third-order valence-electron chi connectivity index (χ3n) is 4.19. The summed E-state index contributed by atoms with van der Waals surface area (Å²) in [6.07, 6.45) is 1.88. The fourth-order valence-corrected chi connectivity index (χ4v) is 4.03. The van der Waals surface area contributed by atoms with Gasteiger partial charge in [0.05, 0.1) is 22.9 Å². The van der Waals surface area contributed by atoms with E-state index in [2.05, 4.69) is 41.8 Å². The number of benzene rings is 2. The third-order valence-corrected chi connectivity index (χ3v) is 5.39. The molecule has 0 amide bonds. The summed E-state index contributed by atoms with van der Waals surface area (Å²) in [5, 5.41) is 12.5. The summed E-state index contributed by atoms with van der Waals surface area (Å²) in [7, 11) is 1.34. The molecular weight excluding hydrogens is 418 g/mol. The van der Waals surface area contributed by atoms with Crippen LogP contribution in [0.4, 0.5) is 11.4 Å². The molecular formula is C21H21N5O2S2. The van der Waals surface area contributed by atoms with Crippen LogP contribution in [0.1, 0.15) is 24.2 Å². The number of anilines is 2. The van der Waals surface area contributed by atoms with Gasteiger partial charge in [-0.1, -0.05) is 13.8 Å². The summed E-state index contributed by atoms with van der Waals surface area (Å²) in [5.74, 6) is 0.303. The zero-order chi connectivity index (χ0) is 21.7. The highest BCUT2D eigenvalue weighted by atomic mass is 32.2. The van der Waals surface area contributed by atoms with Gasteiger partial charge in [-0.2, -0.15) is 5.26 Å². The number of fused-ring (bicyclic) bond motifs is 1. The van der Waals surface area contributed by atoms with E-state index < -0.39 is 5.97 Å². The average molecular weight is 440 g/mol. The number of aromatic nitrogens is 1. The molecule has 1 N–H and O–H groups in total. The molecule has 0 aliphatic rings. The summed E-state index contributed by atoms with van der Waals surface area (Å²) >= 11 is 5.83. The first-order valence-corrected chi connectivity index (χ1v) is 10.5. The van der Waals surface area contributed by atoms with Gasteiger partial charge in [0.25, 0.3) is 0 Å². The third kappa shape index (κ3) is 5.09. The molecule has 9 heteroatoms. The number of carbonyl (C=O) groups is 1. The van der Waals surface area contributed by atoms with Crippen LogP contribution in [0.2, 0.25) is 0 Å². The smallest absolute Gasteiger partial charge is 0.337 e. The Kier molecular flexibility index (Phi) is 6.92. The van der Waals surface area contributed by atoms with Gasteiger partial charge in [0, 0.05) is 17.9 Å². The van der Waals surface area contributed by atoms with Crippen LogP contribution in [0.3, 0.4) is 0 Å². The molecule has 0 aliphatic carbocycles. The molecule has 7 nitrogen and oxygen atoms in total. The number of hydrogen-bond donors (Lipinski definition) is 2. The van der Waals surface area contributed by atoms with Crippen molar-refractivity contribution in [1.29, 1.82) is 5.26 Å². The van der Waals surface area contributed by atoms with Crippen LogP contribution in [0.15, 0.2) is 51.8 Å². The summed E-state index contributed by atoms with van der Waals surface area (Å²) < 4.78 is 6.43. The highest BCUT2D eigenvalue weighted by Gasteiger charge is 2.18. The van der Waals surface area contributed by atoms with Crippen LogP contribution in [-0.4, -0.2) is 30.6 Å². The Labute approximate surface area is 184 Å². The van der Waals surface area contributed by atoms with Crippen LogP contribution in [0, 0.1) is 17.4 Å².